The van der Waals surface area contributed by atoms with E-state index in [4.69, 9.17) is 25.8 Å². The number of benzene rings is 2. The van der Waals surface area contributed by atoms with Gasteiger partial charge in [0.15, 0.2) is 0 Å². The Morgan fingerprint density at radius 2 is 1.91 bits per heavy atom. The third-order valence-corrected chi connectivity index (χ3v) is 6.56. The Morgan fingerprint density at radius 1 is 1.12 bits per heavy atom. The third-order valence-electron chi connectivity index (χ3n) is 5.19. The summed E-state index contributed by atoms with van der Waals surface area (Å²) >= 11 is 6.60. The molecular weight excluding hydrogens is 458 g/mol. The molecule has 0 unspecified atom stereocenters. The molecule has 0 aliphatic carbocycles. The van der Waals surface area contributed by atoms with E-state index in [2.05, 4.69) is 0 Å². The lowest BCUT2D eigenvalue weighted by Gasteiger charge is -2.11. The van der Waals surface area contributed by atoms with Crippen molar-refractivity contribution in [2.45, 2.75) is 13.5 Å². The van der Waals surface area contributed by atoms with Gasteiger partial charge >= 0.3 is 5.97 Å². The summed E-state index contributed by atoms with van der Waals surface area (Å²) < 4.78 is 16.9. The zero-order valence-electron chi connectivity index (χ0n) is 17.4. The third kappa shape index (κ3) is 4.22. The first-order chi connectivity index (χ1) is 16.0. The Morgan fingerprint density at radius 3 is 2.64 bits per heavy atom. The molecule has 2 aromatic carbocycles. The quantitative estimate of drug-likeness (QED) is 0.153. The molecule has 0 radical (unpaired) electrons. The number of fused-ring (bicyclic) bond motifs is 1. The molecule has 1 aliphatic rings. The van der Waals surface area contributed by atoms with Crippen LogP contribution in [0.3, 0.4) is 0 Å². The average Bonchev–Trinajstić information content (AvgIpc) is 3.51. The second-order valence-electron chi connectivity index (χ2n) is 7.36. The van der Waals surface area contributed by atoms with Gasteiger partial charge in [0, 0.05) is 10.9 Å². The van der Waals surface area contributed by atoms with Crippen molar-refractivity contribution in [1.29, 1.82) is 0 Å². The van der Waals surface area contributed by atoms with E-state index in [0.29, 0.717) is 32.9 Å². The van der Waals surface area contributed by atoms with Crippen molar-refractivity contribution in [2.75, 3.05) is 0 Å². The van der Waals surface area contributed by atoms with Crippen LogP contribution in [0.2, 0.25) is 0 Å². The first kappa shape index (κ1) is 21.2. The number of carbonyl (C=O) groups excluding carboxylic acids is 2. The number of aryl methyl sites for hydroxylation is 1. The van der Waals surface area contributed by atoms with Crippen LogP contribution in [0.25, 0.3) is 17.0 Å². The molecular formula is C25H17NO5S2. The highest BCUT2D eigenvalue weighted by Gasteiger charge is 2.32. The van der Waals surface area contributed by atoms with Gasteiger partial charge in [-0.05, 0) is 48.9 Å². The standard InChI is InChI=1S/C25H17NO5S2/c1-15-19-6-2-3-7-20(19)31-22(15)24(28)30-17-10-8-16(9-11-17)13-21-23(27)26(25(32)33-21)14-18-5-4-12-29-18/h2-13H,14H2,1H3. The number of esters is 1. The summed E-state index contributed by atoms with van der Waals surface area (Å²) in [6.45, 7) is 2.12. The van der Waals surface area contributed by atoms with Crippen LogP contribution in [-0.2, 0) is 11.3 Å². The lowest BCUT2D eigenvalue weighted by atomic mass is 10.1. The second-order valence-corrected chi connectivity index (χ2v) is 9.03. The smallest absolute Gasteiger partial charge is 0.379 e. The number of rotatable bonds is 5. The largest absolute Gasteiger partial charge is 0.467 e. The molecule has 1 amide bonds. The molecule has 1 fully saturated rings. The van der Waals surface area contributed by atoms with Crippen LogP contribution in [0, 0.1) is 6.92 Å². The van der Waals surface area contributed by atoms with Crippen LogP contribution in [0.5, 0.6) is 5.75 Å². The van der Waals surface area contributed by atoms with Crippen molar-refractivity contribution >= 4 is 57.2 Å². The molecule has 5 rings (SSSR count). The van der Waals surface area contributed by atoms with Crippen LogP contribution in [0.4, 0.5) is 0 Å². The SMILES string of the molecule is Cc1c(C(=O)Oc2ccc(C=C3SC(=S)N(Cc4ccco4)C3=O)cc2)oc2ccccc12. The minimum Gasteiger partial charge on any atom is -0.467 e. The topological polar surface area (TPSA) is 72.9 Å². The summed E-state index contributed by atoms with van der Waals surface area (Å²) in [5.41, 5.74) is 2.17. The van der Waals surface area contributed by atoms with Crippen molar-refractivity contribution < 1.29 is 23.2 Å². The number of para-hydroxylation sites is 1. The van der Waals surface area contributed by atoms with Crippen molar-refractivity contribution in [3.05, 3.63) is 94.5 Å². The molecule has 2 aromatic heterocycles. The molecule has 0 saturated carbocycles. The van der Waals surface area contributed by atoms with Gasteiger partial charge in [0.05, 0.1) is 17.7 Å². The first-order valence-corrected chi connectivity index (χ1v) is 11.3. The predicted octanol–water partition coefficient (Wildman–Crippen LogP) is 5.95. The van der Waals surface area contributed by atoms with Crippen LogP contribution in [0.15, 0.2) is 80.7 Å². The average molecular weight is 476 g/mol. The zero-order valence-corrected chi connectivity index (χ0v) is 19.1. The minimum absolute atomic E-state index is 0.169. The molecule has 0 bridgehead atoms. The Kier molecular flexibility index (Phi) is 5.62. The van der Waals surface area contributed by atoms with E-state index in [1.165, 1.54) is 16.7 Å². The highest BCUT2D eigenvalue weighted by Crippen LogP contribution is 2.34. The van der Waals surface area contributed by atoms with E-state index < -0.39 is 5.97 Å². The number of nitrogens with zero attached hydrogens (tertiary/aromatic N) is 1. The summed E-state index contributed by atoms with van der Waals surface area (Å²) in [6.07, 6.45) is 3.32. The van der Waals surface area contributed by atoms with Gasteiger partial charge in [-0.3, -0.25) is 9.69 Å². The Bertz CT molecular complexity index is 1400. The highest BCUT2D eigenvalue weighted by molar-refractivity contribution is 8.26. The van der Waals surface area contributed by atoms with E-state index in [1.807, 2.05) is 31.2 Å². The summed E-state index contributed by atoms with van der Waals surface area (Å²) in [4.78, 5) is 27.4. The molecule has 4 aromatic rings. The normalized spacial score (nSPS) is 15.1. The van der Waals surface area contributed by atoms with E-state index in [1.54, 1.807) is 48.7 Å². The van der Waals surface area contributed by atoms with Gasteiger partial charge in [-0.1, -0.05) is 54.3 Å². The van der Waals surface area contributed by atoms with Crippen molar-refractivity contribution in [2.24, 2.45) is 0 Å². The summed E-state index contributed by atoms with van der Waals surface area (Å²) in [5, 5.41) is 0.879. The number of ether oxygens (including phenoxy) is 1. The summed E-state index contributed by atoms with van der Waals surface area (Å²) in [6, 6.07) is 17.9. The minimum atomic E-state index is -0.560. The number of thioether (sulfide) groups is 1. The number of carbonyl (C=O) groups is 2. The molecule has 8 heteroatoms. The molecule has 1 saturated heterocycles. The van der Waals surface area contributed by atoms with Gasteiger partial charge in [-0.2, -0.15) is 0 Å². The van der Waals surface area contributed by atoms with Gasteiger partial charge in [-0.15, -0.1) is 0 Å². The van der Waals surface area contributed by atoms with Crippen molar-refractivity contribution in [3.63, 3.8) is 0 Å². The Balaban J connectivity index is 1.29. The number of amides is 1. The molecule has 164 valence electrons. The Hall–Kier alpha value is -3.62. The van der Waals surface area contributed by atoms with Crippen LogP contribution < -0.4 is 4.74 Å². The van der Waals surface area contributed by atoms with E-state index in [9.17, 15) is 9.59 Å². The maximum Gasteiger partial charge on any atom is 0.379 e. The van der Waals surface area contributed by atoms with Gasteiger partial charge < -0.3 is 13.6 Å². The molecule has 0 N–H and O–H groups in total. The van der Waals surface area contributed by atoms with Crippen molar-refractivity contribution in [1.82, 2.24) is 4.90 Å². The van der Waals surface area contributed by atoms with Crippen molar-refractivity contribution in [3.8, 4) is 5.75 Å². The van der Waals surface area contributed by atoms with Gasteiger partial charge in [0.2, 0.25) is 5.76 Å². The molecule has 3 heterocycles. The van der Waals surface area contributed by atoms with Gasteiger partial charge in [-0.25, -0.2) is 4.79 Å². The lowest BCUT2D eigenvalue weighted by Crippen LogP contribution is -2.27. The monoisotopic (exact) mass is 475 g/mol. The van der Waals surface area contributed by atoms with Crippen LogP contribution >= 0.6 is 24.0 Å². The summed E-state index contributed by atoms with van der Waals surface area (Å²) in [5.74, 6) is 0.494. The molecule has 1 aliphatic heterocycles. The van der Waals surface area contributed by atoms with E-state index in [0.717, 1.165) is 16.5 Å². The number of thiocarbonyl (C=S) groups is 1. The van der Waals surface area contributed by atoms with E-state index >= 15 is 0 Å². The van der Waals surface area contributed by atoms with Crippen LogP contribution in [-0.4, -0.2) is 21.1 Å². The second kappa shape index (κ2) is 8.73. The Labute approximate surface area is 198 Å². The number of hydrogen-bond acceptors (Lipinski definition) is 7. The number of hydrogen-bond donors (Lipinski definition) is 0. The van der Waals surface area contributed by atoms with Crippen LogP contribution in [0.1, 0.15) is 27.4 Å². The van der Waals surface area contributed by atoms with E-state index in [-0.39, 0.29) is 11.7 Å². The number of furan rings is 2. The molecule has 6 nitrogen and oxygen atoms in total. The predicted molar refractivity (Wildman–Crippen MR) is 130 cm³/mol. The highest BCUT2D eigenvalue weighted by atomic mass is 32.2. The molecule has 0 atom stereocenters. The van der Waals surface area contributed by atoms with Gasteiger partial charge in [0.25, 0.3) is 5.91 Å². The fourth-order valence-corrected chi connectivity index (χ4v) is 4.76. The lowest BCUT2D eigenvalue weighted by molar-refractivity contribution is -0.122. The first-order valence-electron chi connectivity index (χ1n) is 10.1. The molecule has 0 spiro atoms. The zero-order chi connectivity index (χ0) is 22.9. The molecule has 33 heavy (non-hydrogen) atoms. The maximum atomic E-state index is 12.7. The fourth-order valence-electron chi connectivity index (χ4n) is 3.50. The maximum absolute atomic E-state index is 12.7. The van der Waals surface area contributed by atoms with Gasteiger partial charge in [0.1, 0.15) is 21.4 Å². The fraction of sp³-hybridized carbons (Fsp3) is 0.0800. The summed E-state index contributed by atoms with van der Waals surface area (Å²) in [7, 11) is 0.